The standard InChI is InChI=1S/C16H16O5P/c1-19-14-9-6-10-15(20-2)16(14)13(17)11-21-22(18)12-7-4-3-5-8-12/h3-10H,11H2,1-2H3/q+1. The van der Waals surface area contributed by atoms with E-state index in [1.54, 1.807) is 42.5 Å². The summed E-state index contributed by atoms with van der Waals surface area (Å²) in [6.07, 6.45) is 0. The van der Waals surface area contributed by atoms with Crippen molar-refractivity contribution in [3.05, 3.63) is 54.1 Å². The van der Waals surface area contributed by atoms with Gasteiger partial charge in [0.1, 0.15) is 17.1 Å². The summed E-state index contributed by atoms with van der Waals surface area (Å²) in [4.78, 5) is 12.3. The Morgan fingerprint density at radius 3 is 2.09 bits per heavy atom. The highest BCUT2D eigenvalue weighted by Crippen LogP contribution is 2.30. The van der Waals surface area contributed by atoms with E-state index in [4.69, 9.17) is 14.0 Å². The number of ether oxygens (including phenoxy) is 2. The lowest BCUT2D eigenvalue weighted by Crippen LogP contribution is -2.11. The van der Waals surface area contributed by atoms with E-state index in [2.05, 4.69) is 0 Å². The van der Waals surface area contributed by atoms with E-state index < -0.39 is 8.03 Å². The molecule has 0 heterocycles. The average Bonchev–Trinajstić information content (AvgIpc) is 2.59. The lowest BCUT2D eigenvalue weighted by atomic mass is 10.1. The van der Waals surface area contributed by atoms with Crippen LogP contribution in [0.25, 0.3) is 0 Å². The van der Waals surface area contributed by atoms with E-state index >= 15 is 0 Å². The highest BCUT2D eigenvalue weighted by atomic mass is 31.1. The number of hydrogen-bond donors (Lipinski definition) is 0. The number of hydrogen-bond acceptors (Lipinski definition) is 5. The smallest absolute Gasteiger partial charge is 0.496 e. The maximum absolute atomic E-state index is 12.3. The minimum atomic E-state index is -2.08. The van der Waals surface area contributed by atoms with E-state index in [0.717, 1.165) is 0 Å². The first kappa shape index (κ1) is 16.1. The summed E-state index contributed by atoms with van der Waals surface area (Å²) >= 11 is 0. The molecule has 0 fully saturated rings. The number of ketones is 1. The molecule has 0 radical (unpaired) electrons. The third-order valence-corrected chi connectivity index (χ3v) is 4.07. The third kappa shape index (κ3) is 3.70. The predicted molar refractivity (Wildman–Crippen MR) is 83.5 cm³/mol. The normalized spacial score (nSPS) is 10.9. The maximum Gasteiger partial charge on any atom is 0.549 e. The van der Waals surface area contributed by atoms with Gasteiger partial charge in [0.25, 0.3) is 0 Å². The Bertz CT molecular complexity index is 647. The van der Waals surface area contributed by atoms with Crippen molar-refractivity contribution in [1.29, 1.82) is 0 Å². The summed E-state index contributed by atoms with van der Waals surface area (Å²) in [5, 5.41) is 0.539. The van der Waals surface area contributed by atoms with Crippen LogP contribution >= 0.6 is 8.03 Å². The van der Waals surface area contributed by atoms with Crippen molar-refractivity contribution < 1.29 is 23.4 Å². The van der Waals surface area contributed by atoms with Crippen LogP contribution in [-0.4, -0.2) is 26.6 Å². The van der Waals surface area contributed by atoms with E-state index in [1.165, 1.54) is 14.2 Å². The maximum atomic E-state index is 12.3. The van der Waals surface area contributed by atoms with Gasteiger partial charge in [0.15, 0.2) is 6.61 Å². The Morgan fingerprint density at radius 2 is 1.55 bits per heavy atom. The first-order valence-corrected chi connectivity index (χ1v) is 7.74. The van der Waals surface area contributed by atoms with Crippen LogP contribution < -0.4 is 14.8 Å². The highest BCUT2D eigenvalue weighted by molar-refractivity contribution is 7.48. The van der Waals surface area contributed by atoms with Gasteiger partial charge in [-0.05, 0) is 28.8 Å². The van der Waals surface area contributed by atoms with Crippen molar-refractivity contribution in [2.45, 2.75) is 0 Å². The van der Waals surface area contributed by atoms with Crippen LogP contribution in [0.4, 0.5) is 0 Å². The first-order chi connectivity index (χ1) is 10.7. The van der Waals surface area contributed by atoms with Crippen LogP contribution in [0, 0.1) is 0 Å². The summed E-state index contributed by atoms with van der Waals surface area (Å²) in [7, 11) is 0.859. The molecule has 0 saturated heterocycles. The monoisotopic (exact) mass is 319 g/mol. The fourth-order valence-electron chi connectivity index (χ4n) is 1.94. The van der Waals surface area contributed by atoms with E-state index in [0.29, 0.717) is 16.8 Å². The van der Waals surface area contributed by atoms with Gasteiger partial charge in [-0.2, -0.15) is 0 Å². The zero-order valence-electron chi connectivity index (χ0n) is 12.3. The van der Waals surface area contributed by atoms with Crippen LogP contribution in [-0.2, 0) is 9.09 Å². The second-order valence-electron chi connectivity index (χ2n) is 4.33. The SMILES string of the molecule is COc1cccc(OC)c1C(=O)CO[P+](=O)c1ccccc1. The molecule has 0 aromatic heterocycles. The predicted octanol–water partition coefficient (Wildman–Crippen LogP) is 2.97. The number of carbonyl (C=O) groups excluding carboxylic acids is 1. The van der Waals surface area contributed by atoms with Gasteiger partial charge >= 0.3 is 8.03 Å². The zero-order chi connectivity index (χ0) is 15.9. The largest absolute Gasteiger partial charge is 0.549 e. The molecule has 2 aromatic rings. The molecule has 1 unspecified atom stereocenters. The first-order valence-electron chi connectivity index (χ1n) is 6.56. The minimum Gasteiger partial charge on any atom is -0.496 e. The zero-order valence-corrected chi connectivity index (χ0v) is 13.2. The Kier molecular flexibility index (Phi) is 5.64. The molecule has 1 atom stereocenters. The summed E-state index contributed by atoms with van der Waals surface area (Å²) in [6.45, 7) is -0.319. The van der Waals surface area contributed by atoms with Crippen molar-refractivity contribution in [3.8, 4) is 11.5 Å². The van der Waals surface area contributed by atoms with Gasteiger partial charge in [0, 0.05) is 0 Å². The second-order valence-corrected chi connectivity index (χ2v) is 5.62. The average molecular weight is 319 g/mol. The van der Waals surface area contributed by atoms with Crippen molar-refractivity contribution in [1.82, 2.24) is 0 Å². The summed E-state index contributed by atoms with van der Waals surface area (Å²) in [5.41, 5.74) is 0.281. The Hall–Kier alpha value is -2.23. The molecular formula is C16H16O5P+. The molecule has 0 spiro atoms. The lowest BCUT2D eigenvalue weighted by Gasteiger charge is -2.10. The Morgan fingerprint density at radius 1 is 0.955 bits per heavy atom. The molecule has 5 nitrogen and oxygen atoms in total. The fourth-order valence-corrected chi connectivity index (χ4v) is 2.74. The van der Waals surface area contributed by atoms with Crippen LogP contribution in [0.1, 0.15) is 10.4 Å². The molecule has 0 saturated carbocycles. The number of carbonyl (C=O) groups is 1. The van der Waals surface area contributed by atoms with Gasteiger partial charge < -0.3 is 9.47 Å². The topological polar surface area (TPSA) is 61.8 Å². The van der Waals surface area contributed by atoms with Gasteiger partial charge in [0.05, 0.1) is 14.2 Å². The van der Waals surface area contributed by atoms with Crippen LogP contribution in [0.3, 0.4) is 0 Å². The van der Waals surface area contributed by atoms with E-state index in [-0.39, 0.29) is 18.0 Å². The van der Waals surface area contributed by atoms with Crippen molar-refractivity contribution in [3.63, 3.8) is 0 Å². The molecule has 0 aliphatic rings. The van der Waals surface area contributed by atoms with Gasteiger partial charge in [-0.1, -0.05) is 24.3 Å². The molecule has 22 heavy (non-hydrogen) atoms. The summed E-state index contributed by atoms with van der Waals surface area (Å²) < 4.78 is 27.5. The van der Waals surface area contributed by atoms with Crippen LogP contribution in [0.15, 0.2) is 48.5 Å². The Labute approximate surface area is 129 Å². The van der Waals surface area contributed by atoms with Crippen molar-refractivity contribution in [2.24, 2.45) is 0 Å². The van der Waals surface area contributed by atoms with Crippen molar-refractivity contribution >= 4 is 19.1 Å². The molecule has 0 N–H and O–H groups in total. The molecule has 0 aliphatic heterocycles. The number of Topliss-reactive ketones (excluding diaryl/α,β-unsaturated/α-hetero) is 1. The molecule has 0 amide bonds. The molecular weight excluding hydrogens is 303 g/mol. The summed E-state index contributed by atoms with van der Waals surface area (Å²) in [6, 6.07) is 13.8. The second kappa shape index (κ2) is 7.69. The van der Waals surface area contributed by atoms with Crippen LogP contribution in [0.2, 0.25) is 0 Å². The molecule has 0 bridgehead atoms. The third-order valence-electron chi connectivity index (χ3n) is 2.99. The molecule has 114 valence electrons. The Balaban J connectivity index is 2.12. The van der Waals surface area contributed by atoms with Gasteiger partial charge in [-0.3, -0.25) is 4.79 Å². The fraction of sp³-hybridized carbons (Fsp3) is 0.188. The number of methoxy groups -OCH3 is 2. The van der Waals surface area contributed by atoms with Gasteiger partial charge in [-0.15, -0.1) is 4.52 Å². The van der Waals surface area contributed by atoms with Gasteiger partial charge in [0.2, 0.25) is 11.1 Å². The molecule has 2 rings (SSSR count). The summed E-state index contributed by atoms with van der Waals surface area (Å²) in [5.74, 6) is 0.430. The minimum absolute atomic E-state index is 0.281. The van der Waals surface area contributed by atoms with Crippen LogP contribution in [0.5, 0.6) is 11.5 Å². The molecule has 0 aliphatic carbocycles. The number of benzene rings is 2. The molecule has 6 heteroatoms. The molecule has 2 aromatic carbocycles. The lowest BCUT2D eigenvalue weighted by molar-refractivity contribution is 0.0921. The number of rotatable bonds is 7. The quantitative estimate of drug-likeness (QED) is 0.580. The van der Waals surface area contributed by atoms with E-state index in [1.807, 2.05) is 6.07 Å². The van der Waals surface area contributed by atoms with E-state index in [9.17, 15) is 9.36 Å². The van der Waals surface area contributed by atoms with Crippen molar-refractivity contribution in [2.75, 3.05) is 20.8 Å². The van der Waals surface area contributed by atoms with Gasteiger partial charge in [-0.25, -0.2) is 0 Å². The highest BCUT2D eigenvalue weighted by Gasteiger charge is 2.26.